The quantitative estimate of drug-likeness (QED) is 0.653. The lowest BCUT2D eigenvalue weighted by atomic mass is 9.74. The van der Waals surface area contributed by atoms with Crippen LogP contribution in [0.4, 0.5) is 0 Å². The number of fused-ring (bicyclic) bond motifs is 3. The van der Waals surface area contributed by atoms with Crippen molar-refractivity contribution in [3.05, 3.63) is 95.6 Å². The highest BCUT2D eigenvalue weighted by molar-refractivity contribution is 6.00. The van der Waals surface area contributed by atoms with E-state index in [0.29, 0.717) is 13.0 Å². The number of nitrogens with one attached hydrogen (secondary N) is 1. The SMILES string of the molecule is CCCNC(=O)C1(CC#Cc2ccccc2)c2ccccc2-c2ccccc21. The third-order valence-electron chi connectivity index (χ3n) is 5.35. The van der Waals surface area contributed by atoms with Crippen LogP contribution in [-0.4, -0.2) is 12.5 Å². The molecule has 0 saturated heterocycles. The van der Waals surface area contributed by atoms with Crippen molar-refractivity contribution < 1.29 is 4.79 Å². The molecule has 3 aromatic carbocycles. The van der Waals surface area contributed by atoms with E-state index in [1.807, 2.05) is 54.6 Å². The summed E-state index contributed by atoms with van der Waals surface area (Å²) in [6, 6.07) is 26.4. The van der Waals surface area contributed by atoms with E-state index in [4.69, 9.17) is 0 Å². The molecule has 28 heavy (non-hydrogen) atoms. The second-order valence-corrected chi connectivity index (χ2v) is 7.10. The Morgan fingerprint density at radius 2 is 1.43 bits per heavy atom. The summed E-state index contributed by atoms with van der Waals surface area (Å²) in [5.41, 5.74) is 4.55. The van der Waals surface area contributed by atoms with Crippen molar-refractivity contribution in [2.45, 2.75) is 25.2 Å². The molecule has 0 radical (unpaired) electrons. The van der Waals surface area contributed by atoms with Crippen LogP contribution in [0.1, 0.15) is 36.5 Å². The van der Waals surface area contributed by atoms with Gasteiger partial charge >= 0.3 is 0 Å². The van der Waals surface area contributed by atoms with Gasteiger partial charge in [0.1, 0.15) is 5.41 Å². The summed E-state index contributed by atoms with van der Waals surface area (Å²) in [7, 11) is 0. The maximum Gasteiger partial charge on any atom is 0.236 e. The number of hydrogen-bond donors (Lipinski definition) is 1. The minimum Gasteiger partial charge on any atom is -0.355 e. The molecular formula is C26H23NO. The lowest BCUT2D eigenvalue weighted by Gasteiger charge is -2.29. The molecule has 1 aliphatic carbocycles. The van der Waals surface area contributed by atoms with Crippen LogP contribution in [0.25, 0.3) is 11.1 Å². The van der Waals surface area contributed by atoms with Crippen LogP contribution in [0.3, 0.4) is 0 Å². The van der Waals surface area contributed by atoms with Gasteiger partial charge in [0.05, 0.1) is 0 Å². The van der Waals surface area contributed by atoms with Crippen LogP contribution in [0, 0.1) is 11.8 Å². The van der Waals surface area contributed by atoms with Crippen molar-refractivity contribution in [1.29, 1.82) is 0 Å². The fraction of sp³-hybridized carbons (Fsp3) is 0.192. The van der Waals surface area contributed by atoms with Crippen molar-refractivity contribution in [1.82, 2.24) is 5.32 Å². The Balaban J connectivity index is 1.85. The highest BCUT2D eigenvalue weighted by Crippen LogP contribution is 2.50. The standard InChI is InChI=1S/C26H23NO/c1-2-19-27-25(28)26(18-10-13-20-11-4-3-5-12-20)23-16-8-6-14-21(23)22-15-7-9-17-24(22)26/h3-9,11-12,14-17H,2,18-19H2,1H3,(H,27,28). The Morgan fingerprint density at radius 3 is 2.04 bits per heavy atom. The van der Waals surface area contributed by atoms with Gasteiger partial charge in [-0.15, -0.1) is 0 Å². The van der Waals surface area contributed by atoms with Crippen molar-refractivity contribution in [2.24, 2.45) is 0 Å². The lowest BCUT2D eigenvalue weighted by molar-refractivity contribution is -0.125. The first kappa shape index (κ1) is 18.1. The average Bonchev–Trinajstić information content (AvgIpc) is 3.04. The third kappa shape index (κ3) is 3.00. The summed E-state index contributed by atoms with van der Waals surface area (Å²) in [6.45, 7) is 2.73. The topological polar surface area (TPSA) is 29.1 Å². The first-order valence-electron chi connectivity index (χ1n) is 9.79. The molecule has 0 aromatic heterocycles. The zero-order valence-corrected chi connectivity index (χ0v) is 16.0. The number of carbonyl (C=O) groups excluding carboxylic acids is 1. The molecule has 0 unspecified atom stereocenters. The molecule has 0 aliphatic heterocycles. The smallest absolute Gasteiger partial charge is 0.236 e. The van der Waals surface area contributed by atoms with Gasteiger partial charge in [-0.2, -0.15) is 0 Å². The second kappa shape index (κ2) is 7.74. The molecule has 2 heteroatoms. The van der Waals surface area contributed by atoms with Crippen LogP contribution in [-0.2, 0) is 10.2 Å². The predicted octanol–water partition coefficient (Wildman–Crippen LogP) is 4.92. The number of rotatable bonds is 4. The molecule has 138 valence electrons. The van der Waals surface area contributed by atoms with Crippen molar-refractivity contribution in [2.75, 3.05) is 6.54 Å². The van der Waals surface area contributed by atoms with Gasteiger partial charge in [0.15, 0.2) is 0 Å². The van der Waals surface area contributed by atoms with Crippen LogP contribution >= 0.6 is 0 Å². The first-order valence-corrected chi connectivity index (χ1v) is 9.79. The molecule has 1 amide bonds. The van der Waals surface area contributed by atoms with E-state index in [1.54, 1.807) is 0 Å². The van der Waals surface area contributed by atoms with Crippen LogP contribution in [0.15, 0.2) is 78.9 Å². The minimum atomic E-state index is -0.774. The molecule has 1 N–H and O–H groups in total. The van der Waals surface area contributed by atoms with Gasteiger partial charge in [-0.05, 0) is 40.8 Å². The summed E-state index contributed by atoms with van der Waals surface area (Å²) in [4.78, 5) is 13.5. The van der Waals surface area contributed by atoms with Gasteiger partial charge in [0, 0.05) is 18.5 Å². The van der Waals surface area contributed by atoms with Gasteiger partial charge in [-0.3, -0.25) is 4.79 Å². The maximum absolute atomic E-state index is 13.5. The Bertz CT molecular complexity index is 1010. The van der Waals surface area contributed by atoms with Crippen molar-refractivity contribution >= 4 is 5.91 Å². The monoisotopic (exact) mass is 365 g/mol. The summed E-state index contributed by atoms with van der Waals surface area (Å²) in [5.74, 6) is 6.59. The van der Waals surface area contributed by atoms with Crippen molar-refractivity contribution in [3.8, 4) is 23.0 Å². The van der Waals surface area contributed by atoms with E-state index in [-0.39, 0.29) is 5.91 Å². The van der Waals surface area contributed by atoms with E-state index in [2.05, 4.69) is 48.3 Å². The van der Waals surface area contributed by atoms with Gasteiger partial charge in [0.2, 0.25) is 5.91 Å². The fourth-order valence-corrected chi connectivity index (χ4v) is 4.03. The Morgan fingerprint density at radius 1 is 0.857 bits per heavy atom. The Hall–Kier alpha value is -3.31. The van der Waals surface area contributed by atoms with Crippen LogP contribution in [0.2, 0.25) is 0 Å². The highest BCUT2D eigenvalue weighted by atomic mass is 16.2. The number of benzene rings is 3. The molecule has 0 saturated carbocycles. The Kier molecular flexibility index (Phi) is 5.00. The maximum atomic E-state index is 13.5. The van der Waals surface area contributed by atoms with E-state index < -0.39 is 5.41 Å². The number of carbonyl (C=O) groups is 1. The van der Waals surface area contributed by atoms with Crippen LogP contribution < -0.4 is 5.32 Å². The molecule has 1 aliphatic rings. The van der Waals surface area contributed by atoms with E-state index in [9.17, 15) is 4.79 Å². The van der Waals surface area contributed by atoms with Gasteiger partial charge in [-0.25, -0.2) is 0 Å². The van der Waals surface area contributed by atoms with Gasteiger partial charge in [-0.1, -0.05) is 85.5 Å². The zero-order valence-electron chi connectivity index (χ0n) is 16.0. The zero-order chi connectivity index (χ0) is 19.4. The van der Waals surface area contributed by atoms with Gasteiger partial charge < -0.3 is 5.32 Å². The molecule has 4 rings (SSSR count). The highest BCUT2D eigenvalue weighted by Gasteiger charge is 2.48. The third-order valence-corrected chi connectivity index (χ3v) is 5.35. The summed E-state index contributed by atoms with van der Waals surface area (Å²) in [5, 5.41) is 3.14. The summed E-state index contributed by atoms with van der Waals surface area (Å²) < 4.78 is 0. The molecule has 0 heterocycles. The largest absolute Gasteiger partial charge is 0.355 e. The van der Waals surface area contributed by atoms with E-state index in [1.165, 1.54) is 0 Å². The fourth-order valence-electron chi connectivity index (χ4n) is 4.03. The van der Waals surface area contributed by atoms with Crippen LogP contribution in [0.5, 0.6) is 0 Å². The Labute approximate surface area is 166 Å². The molecule has 2 nitrogen and oxygen atoms in total. The van der Waals surface area contributed by atoms with E-state index in [0.717, 1.165) is 34.2 Å². The molecule has 0 fully saturated rings. The first-order chi connectivity index (χ1) is 13.8. The normalized spacial score (nSPS) is 13.0. The number of hydrogen-bond acceptors (Lipinski definition) is 1. The average molecular weight is 365 g/mol. The van der Waals surface area contributed by atoms with Gasteiger partial charge in [0.25, 0.3) is 0 Å². The molecule has 0 bridgehead atoms. The molecule has 0 spiro atoms. The molecule has 0 atom stereocenters. The number of amides is 1. The van der Waals surface area contributed by atoms with Crippen molar-refractivity contribution in [3.63, 3.8) is 0 Å². The lowest BCUT2D eigenvalue weighted by Crippen LogP contribution is -2.44. The minimum absolute atomic E-state index is 0.0362. The molecule has 3 aromatic rings. The van der Waals surface area contributed by atoms with E-state index >= 15 is 0 Å². The molecular weight excluding hydrogens is 342 g/mol. The predicted molar refractivity (Wildman–Crippen MR) is 114 cm³/mol. The summed E-state index contributed by atoms with van der Waals surface area (Å²) in [6.07, 6.45) is 1.35. The summed E-state index contributed by atoms with van der Waals surface area (Å²) >= 11 is 0. The second-order valence-electron chi connectivity index (χ2n) is 7.10.